The van der Waals surface area contributed by atoms with Gasteiger partial charge in [-0.15, -0.1) is 0 Å². The number of benzene rings is 1. The van der Waals surface area contributed by atoms with E-state index in [4.69, 9.17) is 0 Å². The molecule has 0 aliphatic rings. The molecule has 0 atom stereocenters. The topological polar surface area (TPSA) is 40.5 Å². The van der Waals surface area contributed by atoms with Crippen LogP contribution in [0.15, 0.2) is 42.5 Å². The molecule has 0 saturated carbocycles. The standard InChI is InChI=1S/C10H12O2/c1-8(2)10(11,12)9-6-4-3-5-7-9/h3-7,11-12H,1H2,2H3. The van der Waals surface area contributed by atoms with Crippen molar-refractivity contribution in [3.05, 3.63) is 48.0 Å². The molecule has 2 N–H and O–H groups in total. The number of hydrogen-bond acceptors (Lipinski definition) is 2. The van der Waals surface area contributed by atoms with Crippen LogP contribution >= 0.6 is 0 Å². The lowest BCUT2D eigenvalue weighted by Gasteiger charge is -2.21. The van der Waals surface area contributed by atoms with Gasteiger partial charge in [-0.05, 0) is 12.5 Å². The average Bonchev–Trinajstić information content (AvgIpc) is 2.06. The van der Waals surface area contributed by atoms with E-state index in [1.165, 1.54) is 0 Å². The normalized spacial score (nSPS) is 11.2. The quantitative estimate of drug-likeness (QED) is 0.512. The number of hydrogen-bond donors (Lipinski definition) is 2. The molecule has 0 radical (unpaired) electrons. The minimum Gasteiger partial charge on any atom is -0.359 e. The van der Waals surface area contributed by atoms with E-state index in [1.54, 1.807) is 31.2 Å². The van der Waals surface area contributed by atoms with Gasteiger partial charge in [0.25, 0.3) is 0 Å². The predicted molar refractivity (Wildman–Crippen MR) is 47.4 cm³/mol. The second-order valence-electron chi connectivity index (χ2n) is 2.82. The molecule has 12 heavy (non-hydrogen) atoms. The van der Waals surface area contributed by atoms with Gasteiger partial charge in [0.2, 0.25) is 5.79 Å². The van der Waals surface area contributed by atoms with E-state index < -0.39 is 5.79 Å². The first-order chi connectivity index (χ1) is 5.55. The summed E-state index contributed by atoms with van der Waals surface area (Å²) >= 11 is 0. The maximum atomic E-state index is 9.52. The van der Waals surface area contributed by atoms with Gasteiger partial charge < -0.3 is 10.2 Å². The Bertz CT molecular complexity index is 275. The molecule has 0 saturated heterocycles. The third-order valence-corrected chi connectivity index (χ3v) is 1.77. The van der Waals surface area contributed by atoms with E-state index in [-0.39, 0.29) is 0 Å². The Morgan fingerprint density at radius 1 is 1.25 bits per heavy atom. The van der Waals surface area contributed by atoms with Crippen molar-refractivity contribution in [2.75, 3.05) is 0 Å². The fraction of sp³-hybridized carbons (Fsp3) is 0.200. The molecule has 2 heteroatoms. The van der Waals surface area contributed by atoms with Crippen LogP contribution in [-0.2, 0) is 5.79 Å². The van der Waals surface area contributed by atoms with Crippen LogP contribution in [-0.4, -0.2) is 10.2 Å². The molecule has 0 heterocycles. The van der Waals surface area contributed by atoms with Crippen molar-refractivity contribution in [1.82, 2.24) is 0 Å². The molecule has 0 aliphatic heterocycles. The minimum atomic E-state index is -1.90. The lowest BCUT2D eigenvalue weighted by molar-refractivity contribution is -0.135. The Balaban J connectivity index is 3.06. The second kappa shape index (κ2) is 3.09. The molecule has 0 aliphatic carbocycles. The van der Waals surface area contributed by atoms with Crippen LogP contribution in [0.3, 0.4) is 0 Å². The van der Waals surface area contributed by atoms with E-state index in [9.17, 15) is 10.2 Å². The molecule has 0 spiro atoms. The van der Waals surface area contributed by atoms with Crippen LogP contribution in [0.1, 0.15) is 12.5 Å². The molecule has 0 fully saturated rings. The zero-order valence-electron chi connectivity index (χ0n) is 6.99. The van der Waals surface area contributed by atoms with Crippen LogP contribution in [0.5, 0.6) is 0 Å². The summed E-state index contributed by atoms with van der Waals surface area (Å²) in [5.41, 5.74) is 0.756. The Kier molecular flexibility index (Phi) is 2.31. The summed E-state index contributed by atoms with van der Waals surface area (Å²) in [6.07, 6.45) is 0. The van der Waals surface area contributed by atoms with Gasteiger partial charge >= 0.3 is 0 Å². The molecule has 2 nitrogen and oxygen atoms in total. The Labute approximate surface area is 71.8 Å². The first-order valence-electron chi connectivity index (χ1n) is 3.71. The van der Waals surface area contributed by atoms with Gasteiger partial charge in [-0.2, -0.15) is 0 Å². The van der Waals surface area contributed by atoms with Gasteiger partial charge in [-0.25, -0.2) is 0 Å². The number of rotatable bonds is 2. The van der Waals surface area contributed by atoms with Crippen LogP contribution in [0, 0.1) is 0 Å². The van der Waals surface area contributed by atoms with E-state index in [0.717, 1.165) is 0 Å². The van der Waals surface area contributed by atoms with E-state index in [0.29, 0.717) is 11.1 Å². The van der Waals surface area contributed by atoms with Gasteiger partial charge in [-0.1, -0.05) is 36.9 Å². The highest BCUT2D eigenvalue weighted by molar-refractivity contribution is 5.26. The van der Waals surface area contributed by atoms with Crippen molar-refractivity contribution in [3.63, 3.8) is 0 Å². The molecule has 1 aromatic carbocycles. The van der Waals surface area contributed by atoms with Gasteiger partial charge in [-0.3, -0.25) is 0 Å². The van der Waals surface area contributed by atoms with E-state index in [2.05, 4.69) is 6.58 Å². The first-order valence-corrected chi connectivity index (χ1v) is 3.71. The maximum absolute atomic E-state index is 9.52. The van der Waals surface area contributed by atoms with Crippen LogP contribution in [0.2, 0.25) is 0 Å². The average molecular weight is 164 g/mol. The van der Waals surface area contributed by atoms with Crippen molar-refractivity contribution >= 4 is 0 Å². The third-order valence-electron chi connectivity index (χ3n) is 1.77. The Morgan fingerprint density at radius 2 is 1.75 bits per heavy atom. The summed E-state index contributed by atoms with van der Waals surface area (Å²) < 4.78 is 0. The molecular weight excluding hydrogens is 152 g/mol. The summed E-state index contributed by atoms with van der Waals surface area (Å²) in [6, 6.07) is 8.61. The third kappa shape index (κ3) is 1.55. The molecule has 1 rings (SSSR count). The van der Waals surface area contributed by atoms with Crippen molar-refractivity contribution in [1.29, 1.82) is 0 Å². The summed E-state index contributed by atoms with van der Waals surface area (Å²) in [7, 11) is 0. The van der Waals surface area contributed by atoms with E-state index >= 15 is 0 Å². The lowest BCUT2D eigenvalue weighted by atomic mass is 10.0. The van der Waals surface area contributed by atoms with Gasteiger partial charge in [0, 0.05) is 5.56 Å². The van der Waals surface area contributed by atoms with Crippen molar-refractivity contribution in [2.24, 2.45) is 0 Å². The Morgan fingerprint density at radius 3 is 2.17 bits per heavy atom. The monoisotopic (exact) mass is 164 g/mol. The smallest absolute Gasteiger partial charge is 0.212 e. The van der Waals surface area contributed by atoms with E-state index in [1.807, 2.05) is 6.07 Å². The molecule has 0 unspecified atom stereocenters. The van der Waals surface area contributed by atoms with Crippen LogP contribution in [0.4, 0.5) is 0 Å². The van der Waals surface area contributed by atoms with Crippen molar-refractivity contribution in [3.8, 4) is 0 Å². The maximum Gasteiger partial charge on any atom is 0.212 e. The van der Waals surface area contributed by atoms with Crippen molar-refractivity contribution in [2.45, 2.75) is 12.7 Å². The SMILES string of the molecule is C=C(C)C(O)(O)c1ccccc1. The molecule has 0 aromatic heterocycles. The molecular formula is C10H12O2. The highest BCUT2D eigenvalue weighted by Gasteiger charge is 2.25. The zero-order valence-corrected chi connectivity index (χ0v) is 6.99. The number of aliphatic hydroxyl groups is 2. The largest absolute Gasteiger partial charge is 0.359 e. The minimum absolute atomic E-state index is 0.314. The summed E-state index contributed by atoms with van der Waals surface area (Å²) in [6.45, 7) is 5.08. The van der Waals surface area contributed by atoms with Crippen molar-refractivity contribution < 1.29 is 10.2 Å². The molecule has 0 amide bonds. The van der Waals surface area contributed by atoms with Gasteiger partial charge in [0.1, 0.15) is 0 Å². The molecule has 0 bridgehead atoms. The predicted octanol–water partition coefficient (Wildman–Crippen LogP) is 1.40. The van der Waals surface area contributed by atoms with Crippen LogP contribution in [0.25, 0.3) is 0 Å². The highest BCUT2D eigenvalue weighted by Crippen LogP contribution is 2.23. The summed E-state index contributed by atoms with van der Waals surface area (Å²) in [4.78, 5) is 0. The Hall–Kier alpha value is -1.12. The fourth-order valence-corrected chi connectivity index (χ4v) is 0.917. The van der Waals surface area contributed by atoms with Gasteiger partial charge in [0.15, 0.2) is 0 Å². The lowest BCUT2D eigenvalue weighted by Crippen LogP contribution is -2.25. The first kappa shape index (κ1) is 8.97. The molecule has 64 valence electrons. The van der Waals surface area contributed by atoms with Gasteiger partial charge in [0.05, 0.1) is 0 Å². The van der Waals surface area contributed by atoms with Crippen LogP contribution < -0.4 is 0 Å². The highest BCUT2D eigenvalue weighted by atomic mass is 16.5. The molecule has 1 aromatic rings. The fourth-order valence-electron chi connectivity index (χ4n) is 0.917. The summed E-state index contributed by atoms with van der Waals surface area (Å²) in [5, 5.41) is 19.0. The second-order valence-corrected chi connectivity index (χ2v) is 2.82. The zero-order chi connectivity index (χ0) is 9.19. The summed E-state index contributed by atoms with van der Waals surface area (Å²) in [5.74, 6) is -1.90.